The van der Waals surface area contributed by atoms with Crippen LogP contribution < -0.4 is 0 Å². The van der Waals surface area contributed by atoms with Crippen molar-refractivity contribution in [2.75, 3.05) is 0 Å². The summed E-state index contributed by atoms with van der Waals surface area (Å²) in [6.07, 6.45) is -0.683. The van der Waals surface area contributed by atoms with Gasteiger partial charge in [0.2, 0.25) is 5.89 Å². The number of carbonyl (C=O) groups excluding carboxylic acids is 1. The summed E-state index contributed by atoms with van der Waals surface area (Å²) in [4.78, 5) is 11.9. The average Bonchev–Trinajstić information content (AvgIpc) is 2.74. The fourth-order valence-corrected chi connectivity index (χ4v) is 1.61. The molecule has 1 aromatic heterocycles. The third kappa shape index (κ3) is 3.15. The molecule has 0 N–H and O–H groups in total. The lowest BCUT2D eigenvalue weighted by Gasteiger charge is -2.09. The summed E-state index contributed by atoms with van der Waals surface area (Å²) in [7, 11) is 0. The highest BCUT2D eigenvalue weighted by molar-refractivity contribution is 5.89. The largest absolute Gasteiger partial charge is 0.449 e. The molecule has 0 bridgehead atoms. The maximum Gasteiger partial charge on any atom is 0.339 e. The number of hydrogen-bond acceptors (Lipinski definition) is 5. The van der Waals surface area contributed by atoms with Crippen molar-refractivity contribution in [3.05, 3.63) is 46.9 Å². The Bertz CT molecular complexity index is 589. The lowest BCUT2D eigenvalue weighted by atomic mass is 10.1. The number of esters is 1. The maximum atomic E-state index is 13.2. The second-order valence-electron chi connectivity index (χ2n) is 4.22. The van der Waals surface area contributed by atoms with E-state index in [0.29, 0.717) is 11.5 Å². The van der Waals surface area contributed by atoms with Crippen molar-refractivity contribution in [3.63, 3.8) is 0 Å². The van der Waals surface area contributed by atoms with Crippen molar-refractivity contribution in [1.82, 2.24) is 10.2 Å². The van der Waals surface area contributed by atoms with Crippen LogP contribution in [-0.4, -0.2) is 16.2 Å². The normalized spacial score (nSPS) is 12.2. The van der Waals surface area contributed by atoms with Gasteiger partial charge in [0.05, 0.1) is 5.56 Å². The van der Waals surface area contributed by atoms with E-state index < -0.39 is 17.9 Å². The molecule has 0 fully saturated rings. The van der Waals surface area contributed by atoms with E-state index in [0.717, 1.165) is 6.07 Å². The summed E-state index contributed by atoms with van der Waals surface area (Å²) >= 11 is 0. The molecule has 1 unspecified atom stereocenters. The molecule has 0 saturated carbocycles. The van der Waals surface area contributed by atoms with E-state index in [4.69, 9.17) is 9.15 Å². The number of halogens is 1. The van der Waals surface area contributed by atoms with Gasteiger partial charge in [-0.1, -0.05) is 0 Å². The fourth-order valence-electron chi connectivity index (χ4n) is 1.61. The van der Waals surface area contributed by atoms with Gasteiger partial charge in [-0.05, 0) is 37.6 Å². The monoisotopic (exact) mass is 264 g/mol. The number of ether oxygens (including phenoxy) is 1. The number of aryl methyl sites for hydroxylation is 2. The van der Waals surface area contributed by atoms with Gasteiger partial charge in [0.1, 0.15) is 5.82 Å². The number of aromatic nitrogens is 2. The van der Waals surface area contributed by atoms with Crippen LogP contribution in [0, 0.1) is 19.7 Å². The van der Waals surface area contributed by atoms with Crippen LogP contribution in [0.2, 0.25) is 0 Å². The van der Waals surface area contributed by atoms with Gasteiger partial charge in [-0.25, -0.2) is 9.18 Å². The first-order chi connectivity index (χ1) is 8.95. The molecule has 100 valence electrons. The molecule has 19 heavy (non-hydrogen) atoms. The van der Waals surface area contributed by atoms with Gasteiger partial charge in [0, 0.05) is 6.92 Å². The summed E-state index contributed by atoms with van der Waals surface area (Å²) in [5.74, 6) is -0.516. The molecule has 0 aliphatic heterocycles. The number of hydrogen-bond donors (Lipinski definition) is 0. The van der Waals surface area contributed by atoms with E-state index in [1.54, 1.807) is 26.8 Å². The lowest BCUT2D eigenvalue weighted by Crippen LogP contribution is -2.10. The zero-order chi connectivity index (χ0) is 14.0. The summed E-state index contributed by atoms with van der Waals surface area (Å²) in [6.45, 7) is 4.95. The predicted octanol–water partition coefficient (Wildman–Crippen LogP) is 2.74. The Morgan fingerprint density at radius 3 is 2.63 bits per heavy atom. The van der Waals surface area contributed by atoms with Crippen molar-refractivity contribution in [3.8, 4) is 0 Å². The summed E-state index contributed by atoms with van der Waals surface area (Å²) < 4.78 is 23.5. The Balaban J connectivity index is 2.12. The average molecular weight is 264 g/mol. The highest BCUT2D eigenvalue weighted by Crippen LogP contribution is 2.18. The van der Waals surface area contributed by atoms with Crippen LogP contribution in [0.15, 0.2) is 22.6 Å². The molecule has 0 radical (unpaired) electrons. The Morgan fingerprint density at radius 1 is 1.32 bits per heavy atom. The Hall–Kier alpha value is -2.24. The number of benzene rings is 1. The Kier molecular flexibility index (Phi) is 3.59. The third-order valence-corrected chi connectivity index (χ3v) is 2.45. The molecule has 0 aliphatic carbocycles. The minimum atomic E-state index is -0.683. The van der Waals surface area contributed by atoms with E-state index in [9.17, 15) is 9.18 Å². The zero-order valence-electron chi connectivity index (χ0n) is 10.8. The van der Waals surface area contributed by atoms with Gasteiger partial charge in [-0.15, -0.1) is 10.2 Å². The first kappa shape index (κ1) is 13.2. The van der Waals surface area contributed by atoms with E-state index in [2.05, 4.69) is 10.2 Å². The molecule has 0 spiro atoms. The van der Waals surface area contributed by atoms with Crippen LogP contribution in [0.5, 0.6) is 0 Å². The van der Waals surface area contributed by atoms with Crippen LogP contribution in [0.3, 0.4) is 0 Å². The summed E-state index contributed by atoms with van der Waals surface area (Å²) in [6, 6.07) is 4.01. The van der Waals surface area contributed by atoms with E-state index in [1.807, 2.05) is 0 Å². The first-order valence-corrected chi connectivity index (χ1v) is 5.74. The molecule has 5 nitrogen and oxygen atoms in total. The molecule has 1 aromatic carbocycles. The van der Waals surface area contributed by atoms with Crippen LogP contribution in [0.4, 0.5) is 4.39 Å². The molecule has 2 rings (SSSR count). The van der Waals surface area contributed by atoms with E-state index >= 15 is 0 Å². The SMILES string of the molecule is Cc1cc(F)cc(C(=O)OC(C)c2nnc(C)o2)c1. The van der Waals surface area contributed by atoms with Crippen LogP contribution in [0.25, 0.3) is 0 Å². The van der Waals surface area contributed by atoms with Gasteiger partial charge in [-0.3, -0.25) is 0 Å². The second kappa shape index (κ2) is 5.17. The lowest BCUT2D eigenvalue weighted by molar-refractivity contribution is 0.0276. The van der Waals surface area contributed by atoms with Gasteiger partial charge in [0.15, 0.2) is 6.10 Å². The first-order valence-electron chi connectivity index (χ1n) is 5.74. The van der Waals surface area contributed by atoms with Crippen LogP contribution >= 0.6 is 0 Å². The van der Waals surface area contributed by atoms with Crippen LogP contribution in [0.1, 0.15) is 40.7 Å². The zero-order valence-corrected chi connectivity index (χ0v) is 10.8. The number of rotatable bonds is 3. The van der Waals surface area contributed by atoms with Crippen molar-refractivity contribution < 1.29 is 18.3 Å². The van der Waals surface area contributed by atoms with E-state index in [-0.39, 0.29) is 11.5 Å². The summed E-state index contributed by atoms with van der Waals surface area (Å²) in [5.41, 5.74) is 0.800. The molecular formula is C13H13FN2O3. The van der Waals surface area contributed by atoms with Gasteiger partial charge in [-0.2, -0.15) is 0 Å². The highest BCUT2D eigenvalue weighted by atomic mass is 19.1. The molecule has 2 aromatic rings. The van der Waals surface area contributed by atoms with Crippen molar-refractivity contribution in [1.29, 1.82) is 0 Å². The fraction of sp³-hybridized carbons (Fsp3) is 0.308. The quantitative estimate of drug-likeness (QED) is 0.797. The molecular weight excluding hydrogens is 251 g/mol. The minimum absolute atomic E-state index is 0.153. The molecule has 0 amide bonds. The van der Waals surface area contributed by atoms with Crippen LogP contribution in [-0.2, 0) is 4.74 Å². The molecule has 6 heteroatoms. The van der Waals surface area contributed by atoms with Gasteiger partial charge < -0.3 is 9.15 Å². The predicted molar refractivity (Wildman–Crippen MR) is 64.0 cm³/mol. The third-order valence-electron chi connectivity index (χ3n) is 2.45. The molecule has 1 atom stereocenters. The molecule has 0 saturated heterocycles. The van der Waals surface area contributed by atoms with Crippen molar-refractivity contribution in [2.45, 2.75) is 26.9 Å². The number of nitrogens with zero attached hydrogens (tertiary/aromatic N) is 2. The van der Waals surface area contributed by atoms with Gasteiger partial charge in [0.25, 0.3) is 5.89 Å². The van der Waals surface area contributed by atoms with Gasteiger partial charge >= 0.3 is 5.97 Å². The molecule has 1 heterocycles. The Labute approximate surface area is 109 Å². The highest BCUT2D eigenvalue weighted by Gasteiger charge is 2.19. The minimum Gasteiger partial charge on any atom is -0.449 e. The van der Waals surface area contributed by atoms with Crippen molar-refractivity contribution in [2.24, 2.45) is 0 Å². The maximum absolute atomic E-state index is 13.2. The summed E-state index contributed by atoms with van der Waals surface area (Å²) in [5, 5.41) is 7.41. The standard InChI is InChI=1S/C13H13FN2O3/c1-7-4-10(6-11(14)5-7)13(17)18-8(2)12-16-15-9(3)19-12/h4-6,8H,1-3H3. The second-order valence-corrected chi connectivity index (χ2v) is 4.22. The number of carbonyl (C=O) groups is 1. The Morgan fingerprint density at radius 2 is 2.05 bits per heavy atom. The topological polar surface area (TPSA) is 65.2 Å². The van der Waals surface area contributed by atoms with Crippen molar-refractivity contribution >= 4 is 5.97 Å². The smallest absolute Gasteiger partial charge is 0.339 e. The van der Waals surface area contributed by atoms with E-state index in [1.165, 1.54) is 6.07 Å². The molecule has 0 aliphatic rings.